The van der Waals surface area contributed by atoms with Crippen LogP contribution in [0.4, 0.5) is 10.8 Å². The Morgan fingerprint density at radius 1 is 1.15 bits per heavy atom. The maximum atomic E-state index is 12.4. The molecule has 0 unspecified atom stereocenters. The summed E-state index contributed by atoms with van der Waals surface area (Å²) in [7, 11) is 0. The SMILES string of the molecule is CCN(CC)CCSc1nnc(NC(=O)c2ccc(NC(C)(C)C)cc2)s1. The fourth-order valence-electron chi connectivity index (χ4n) is 2.43. The van der Waals surface area contributed by atoms with E-state index in [9.17, 15) is 4.79 Å². The smallest absolute Gasteiger partial charge is 0.257 e. The number of carbonyl (C=O) groups is 1. The molecule has 0 aliphatic carbocycles. The Kier molecular flexibility index (Phi) is 8.07. The van der Waals surface area contributed by atoms with Gasteiger partial charge in [0.05, 0.1) is 0 Å². The van der Waals surface area contributed by atoms with Crippen molar-refractivity contribution in [2.75, 3.05) is 36.0 Å². The number of benzene rings is 1. The zero-order chi connectivity index (χ0) is 19.9. The minimum atomic E-state index is -0.173. The van der Waals surface area contributed by atoms with Crippen LogP contribution in [0.1, 0.15) is 45.0 Å². The van der Waals surface area contributed by atoms with Gasteiger partial charge in [-0.1, -0.05) is 36.9 Å². The summed E-state index contributed by atoms with van der Waals surface area (Å²) in [6.07, 6.45) is 0. The quantitative estimate of drug-likeness (QED) is 0.473. The van der Waals surface area contributed by atoms with E-state index in [0.29, 0.717) is 10.7 Å². The molecule has 1 aromatic carbocycles. The van der Waals surface area contributed by atoms with Crippen molar-refractivity contribution in [3.05, 3.63) is 29.8 Å². The third-order valence-electron chi connectivity index (χ3n) is 3.82. The number of thioether (sulfide) groups is 1. The number of carbonyl (C=O) groups excluding carboxylic acids is 1. The Hall–Kier alpha value is -1.64. The van der Waals surface area contributed by atoms with E-state index in [0.717, 1.165) is 35.4 Å². The second-order valence-electron chi connectivity index (χ2n) is 7.15. The lowest BCUT2D eigenvalue weighted by molar-refractivity contribution is 0.102. The summed E-state index contributed by atoms with van der Waals surface area (Å²) in [5.74, 6) is 0.792. The molecule has 0 aliphatic rings. The molecule has 27 heavy (non-hydrogen) atoms. The summed E-state index contributed by atoms with van der Waals surface area (Å²) in [4.78, 5) is 14.8. The van der Waals surface area contributed by atoms with Crippen molar-refractivity contribution in [2.24, 2.45) is 0 Å². The minimum Gasteiger partial charge on any atom is -0.380 e. The molecule has 0 fully saturated rings. The van der Waals surface area contributed by atoms with E-state index in [2.05, 4.69) is 60.3 Å². The van der Waals surface area contributed by atoms with Gasteiger partial charge in [0.1, 0.15) is 0 Å². The monoisotopic (exact) mass is 407 g/mol. The zero-order valence-corrected chi connectivity index (χ0v) is 18.3. The molecular weight excluding hydrogens is 378 g/mol. The Morgan fingerprint density at radius 3 is 2.41 bits per heavy atom. The van der Waals surface area contributed by atoms with Crippen molar-refractivity contribution in [2.45, 2.75) is 44.5 Å². The van der Waals surface area contributed by atoms with Gasteiger partial charge in [0.2, 0.25) is 5.13 Å². The van der Waals surface area contributed by atoms with Crippen molar-refractivity contribution in [3.63, 3.8) is 0 Å². The van der Waals surface area contributed by atoms with E-state index in [4.69, 9.17) is 0 Å². The molecular formula is C19H29N5OS2. The molecule has 1 amide bonds. The van der Waals surface area contributed by atoms with Gasteiger partial charge in [-0.2, -0.15) is 0 Å². The van der Waals surface area contributed by atoms with Crippen molar-refractivity contribution in [3.8, 4) is 0 Å². The normalized spacial score (nSPS) is 11.6. The first-order valence-electron chi connectivity index (χ1n) is 9.19. The molecule has 0 saturated carbocycles. The maximum absolute atomic E-state index is 12.4. The summed E-state index contributed by atoms with van der Waals surface area (Å²) < 4.78 is 0.877. The van der Waals surface area contributed by atoms with E-state index < -0.39 is 0 Å². The first-order valence-corrected chi connectivity index (χ1v) is 11.0. The number of rotatable bonds is 9. The lowest BCUT2D eigenvalue weighted by Gasteiger charge is -2.22. The van der Waals surface area contributed by atoms with Gasteiger partial charge in [-0.25, -0.2) is 0 Å². The molecule has 2 N–H and O–H groups in total. The average molecular weight is 408 g/mol. The first kappa shape index (κ1) is 21.7. The molecule has 0 spiro atoms. The predicted molar refractivity (Wildman–Crippen MR) is 116 cm³/mol. The van der Waals surface area contributed by atoms with Crippen LogP contribution < -0.4 is 10.6 Å². The molecule has 1 heterocycles. The molecule has 1 aromatic heterocycles. The molecule has 6 nitrogen and oxygen atoms in total. The van der Waals surface area contributed by atoms with Crippen LogP contribution in [0.25, 0.3) is 0 Å². The molecule has 0 saturated heterocycles. The molecule has 2 rings (SSSR count). The zero-order valence-electron chi connectivity index (χ0n) is 16.7. The van der Waals surface area contributed by atoms with Crippen LogP contribution in [-0.4, -0.2) is 51.9 Å². The lowest BCUT2D eigenvalue weighted by atomic mass is 10.1. The standard InChI is InChI=1S/C19H29N5OS2/c1-6-24(7-2)12-13-26-18-23-22-17(27-18)20-16(25)14-8-10-15(11-9-14)21-19(3,4)5/h8-11,21H,6-7,12-13H2,1-5H3,(H,20,22,25). The number of nitrogens with one attached hydrogen (secondary N) is 2. The van der Waals surface area contributed by atoms with E-state index in [1.165, 1.54) is 11.3 Å². The van der Waals surface area contributed by atoms with Crippen LogP contribution in [0, 0.1) is 0 Å². The number of hydrogen-bond acceptors (Lipinski definition) is 7. The van der Waals surface area contributed by atoms with Gasteiger partial charge in [0, 0.05) is 29.1 Å². The van der Waals surface area contributed by atoms with Crippen molar-refractivity contribution in [1.82, 2.24) is 15.1 Å². The highest BCUT2D eigenvalue weighted by Crippen LogP contribution is 2.26. The Bertz CT molecular complexity index is 720. The number of hydrogen-bond donors (Lipinski definition) is 2. The summed E-state index contributed by atoms with van der Waals surface area (Å²) in [5.41, 5.74) is 1.57. The first-order chi connectivity index (χ1) is 12.8. The van der Waals surface area contributed by atoms with E-state index in [1.807, 2.05) is 24.3 Å². The third kappa shape index (κ3) is 7.48. The summed E-state index contributed by atoms with van der Waals surface area (Å²) in [6.45, 7) is 13.8. The highest BCUT2D eigenvalue weighted by atomic mass is 32.2. The molecule has 0 radical (unpaired) electrons. The number of nitrogens with zero attached hydrogens (tertiary/aromatic N) is 3. The van der Waals surface area contributed by atoms with Crippen LogP contribution in [-0.2, 0) is 0 Å². The Morgan fingerprint density at radius 2 is 1.81 bits per heavy atom. The molecule has 0 atom stereocenters. The highest BCUT2D eigenvalue weighted by molar-refractivity contribution is 8.01. The second kappa shape index (κ2) is 10.1. The van der Waals surface area contributed by atoms with E-state index in [-0.39, 0.29) is 11.4 Å². The average Bonchev–Trinajstić information content (AvgIpc) is 3.05. The van der Waals surface area contributed by atoms with Gasteiger partial charge in [0.15, 0.2) is 4.34 Å². The van der Waals surface area contributed by atoms with Crippen LogP contribution in [0.2, 0.25) is 0 Å². The van der Waals surface area contributed by atoms with Crippen molar-refractivity contribution >= 4 is 39.8 Å². The van der Waals surface area contributed by atoms with Crippen LogP contribution >= 0.6 is 23.1 Å². The van der Waals surface area contributed by atoms with E-state index in [1.54, 1.807) is 11.8 Å². The second-order valence-corrected chi connectivity index (χ2v) is 9.47. The predicted octanol–water partition coefficient (Wildman–Crippen LogP) is 4.43. The molecule has 0 aliphatic heterocycles. The number of amides is 1. The fourth-order valence-corrected chi connectivity index (χ4v) is 4.25. The molecule has 148 valence electrons. The summed E-state index contributed by atoms with van der Waals surface area (Å²) >= 11 is 3.09. The summed E-state index contributed by atoms with van der Waals surface area (Å²) in [6, 6.07) is 7.44. The van der Waals surface area contributed by atoms with Gasteiger partial charge >= 0.3 is 0 Å². The van der Waals surface area contributed by atoms with Crippen molar-refractivity contribution < 1.29 is 4.79 Å². The largest absolute Gasteiger partial charge is 0.380 e. The number of anilines is 2. The number of aromatic nitrogens is 2. The lowest BCUT2D eigenvalue weighted by Crippen LogP contribution is -2.26. The van der Waals surface area contributed by atoms with Gasteiger partial charge in [-0.3, -0.25) is 10.1 Å². The molecule has 8 heteroatoms. The topological polar surface area (TPSA) is 70.2 Å². The van der Waals surface area contributed by atoms with Crippen LogP contribution in [0.5, 0.6) is 0 Å². The maximum Gasteiger partial charge on any atom is 0.257 e. The van der Waals surface area contributed by atoms with Gasteiger partial charge < -0.3 is 10.2 Å². The Labute approximate surface area is 170 Å². The Balaban J connectivity index is 1.86. The van der Waals surface area contributed by atoms with E-state index >= 15 is 0 Å². The van der Waals surface area contributed by atoms with Gasteiger partial charge in [-0.15, -0.1) is 10.2 Å². The third-order valence-corrected chi connectivity index (χ3v) is 5.77. The molecule has 2 aromatic rings. The van der Waals surface area contributed by atoms with Gasteiger partial charge in [-0.05, 0) is 58.1 Å². The highest BCUT2D eigenvalue weighted by Gasteiger charge is 2.13. The summed E-state index contributed by atoms with van der Waals surface area (Å²) in [5, 5.41) is 15.0. The molecule has 0 bridgehead atoms. The van der Waals surface area contributed by atoms with Gasteiger partial charge in [0.25, 0.3) is 5.91 Å². The fraction of sp³-hybridized carbons (Fsp3) is 0.526. The minimum absolute atomic E-state index is 0.0182. The van der Waals surface area contributed by atoms with Crippen LogP contribution in [0.3, 0.4) is 0 Å². The van der Waals surface area contributed by atoms with Crippen molar-refractivity contribution in [1.29, 1.82) is 0 Å². The van der Waals surface area contributed by atoms with Crippen LogP contribution in [0.15, 0.2) is 28.6 Å².